The van der Waals surface area contributed by atoms with Gasteiger partial charge in [0.05, 0.1) is 20.8 Å². The van der Waals surface area contributed by atoms with Crippen molar-refractivity contribution in [3.8, 4) is 28.6 Å². The van der Waals surface area contributed by atoms with Crippen LogP contribution in [0.4, 0.5) is 0 Å². The summed E-state index contributed by atoms with van der Waals surface area (Å²) in [6, 6.07) is 11.8. The lowest BCUT2D eigenvalue weighted by atomic mass is 10.2. The molecule has 10 nitrogen and oxygen atoms in total. The third kappa shape index (κ3) is 5.75. The molecule has 1 heterocycles. The predicted molar refractivity (Wildman–Crippen MR) is 113 cm³/mol. The Morgan fingerprint density at radius 1 is 1.03 bits per heavy atom. The molecule has 2 aromatic carbocycles. The van der Waals surface area contributed by atoms with Crippen molar-refractivity contribution in [3.05, 3.63) is 53.9 Å². The number of nitrogens with one attached hydrogen (secondary N) is 1. The van der Waals surface area contributed by atoms with E-state index < -0.39 is 11.9 Å². The van der Waals surface area contributed by atoms with Gasteiger partial charge < -0.3 is 28.8 Å². The monoisotopic (exact) mass is 441 g/mol. The van der Waals surface area contributed by atoms with Crippen molar-refractivity contribution in [1.29, 1.82) is 0 Å². The number of hydrogen-bond donors (Lipinski definition) is 1. The maximum Gasteiger partial charge on any atom is 0.325 e. The third-order valence-electron chi connectivity index (χ3n) is 4.29. The van der Waals surface area contributed by atoms with Gasteiger partial charge >= 0.3 is 5.97 Å². The first kappa shape index (κ1) is 22.6. The van der Waals surface area contributed by atoms with E-state index in [4.69, 9.17) is 23.5 Å². The van der Waals surface area contributed by atoms with Gasteiger partial charge in [0.1, 0.15) is 12.3 Å². The fourth-order valence-corrected chi connectivity index (χ4v) is 2.72. The third-order valence-corrected chi connectivity index (χ3v) is 4.29. The highest BCUT2D eigenvalue weighted by atomic mass is 16.6. The number of hydrogen-bond acceptors (Lipinski definition) is 9. The molecule has 168 valence electrons. The Morgan fingerprint density at radius 3 is 2.47 bits per heavy atom. The molecule has 0 unspecified atom stereocenters. The van der Waals surface area contributed by atoms with Crippen molar-refractivity contribution < 1.29 is 33.1 Å². The minimum Gasteiger partial charge on any atom is -0.494 e. The van der Waals surface area contributed by atoms with Crippen LogP contribution in [0, 0.1) is 0 Å². The van der Waals surface area contributed by atoms with Crippen molar-refractivity contribution in [2.45, 2.75) is 13.5 Å². The predicted octanol–water partition coefficient (Wildman–Crippen LogP) is 2.63. The lowest BCUT2D eigenvalue weighted by Crippen LogP contribution is -2.30. The minimum atomic E-state index is -0.643. The molecule has 1 amide bonds. The van der Waals surface area contributed by atoms with Crippen LogP contribution in [-0.2, 0) is 16.1 Å². The van der Waals surface area contributed by atoms with E-state index in [-0.39, 0.29) is 19.0 Å². The van der Waals surface area contributed by atoms with Crippen LogP contribution in [0.5, 0.6) is 17.2 Å². The Balaban J connectivity index is 1.49. The van der Waals surface area contributed by atoms with E-state index in [0.29, 0.717) is 40.8 Å². The topological polar surface area (TPSA) is 122 Å². The van der Waals surface area contributed by atoms with Gasteiger partial charge in [0, 0.05) is 11.1 Å². The molecular formula is C22H23N3O7. The number of nitrogens with zero attached hydrogens (tertiary/aromatic N) is 2. The van der Waals surface area contributed by atoms with E-state index in [9.17, 15) is 9.59 Å². The molecule has 1 aromatic heterocycles. The number of rotatable bonds is 10. The standard InChI is InChI=1S/C22H23N3O7/c1-4-30-16-8-5-14(6-9-16)22(27)23-12-20(26)31-13-19-24-21(25-32-19)15-7-10-17(28-2)18(11-15)29-3/h5-11H,4,12-13H2,1-3H3,(H,23,27). The van der Waals surface area contributed by atoms with Crippen LogP contribution in [0.25, 0.3) is 11.4 Å². The highest BCUT2D eigenvalue weighted by Crippen LogP contribution is 2.31. The SMILES string of the molecule is CCOc1ccc(C(=O)NCC(=O)OCc2nc(-c3ccc(OC)c(OC)c3)no2)cc1. The molecular weight excluding hydrogens is 418 g/mol. The summed E-state index contributed by atoms with van der Waals surface area (Å²) in [5.41, 5.74) is 1.05. The minimum absolute atomic E-state index is 0.112. The van der Waals surface area contributed by atoms with Crippen molar-refractivity contribution in [3.63, 3.8) is 0 Å². The molecule has 0 aliphatic heterocycles. The van der Waals surface area contributed by atoms with Crippen molar-refractivity contribution >= 4 is 11.9 Å². The van der Waals surface area contributed by atoms with Gasteiger partial charge in [0.15, 0.2) is 18.1 Å². The molecule has 0 saturated carbocycles. The summed E-state index contributed by atoms with van der Waals surface area (Å²) in [4.78, 5) is 28.3. The maximum absolute atomic E-state index is 12.1. The Morgan fingerprint density at radius 2 is 1.78 bits per heavy atom. The summed E-state index contributed by atoms with van der Waals surface area (Å²) in [7, 11) is 3.07. The molecule has 0 radical (unpaired) electrons. The molecule has 0 aliphatic carbocycles. The second-order valence-corrected chi connectivity index (χ2v) is 6.38. The summed E-state index contributed by atoms with van der Waals surface area (Å²) >= 11 is 0. The van der Waals surface area contributed by atoms with Crippen LogP contribution >= 0.6 is 0 Å². The maximum atomic E-state index is 12.1. The fraction of sp³-hybridized carbons (Fsp3) is 0.273. The molecule has 3 rings (SSSR count). The molecule has 10 heteroatoms. The lowest BCUT2D eigenvalue weighted by Gasteiger charge is -2.07. The Labute approximate surface area is 184 Å². The van der Waals surface area contributed by atoms with E-state index in [1.807, 2.05) is 6.92 Å². The average molecular weight is 441 g/mol. The van der Waals surface area contributed by atoms with Crippen LogP contribution in [0.15, 0.2) is 47.0 Å². The highest BCUT2D eigenvalue weighted by molar-refractivity contribution is 5.96. The van der Waals surface area contributed by atoms with Crippen LogP contribution in [-0.4, -0.2) is 49.4 Å². The van der Waals surface area contributed by atoms with Crippen LogP contribution in [0.3, 0.4) is 0 Å². The van der Waals surface area contributed by atoms with Gasteiger partial charge in [0.2, 0.25) is 5.82 Å². The zero-order valence-corrected chi connectivity index (χ0v) is 17.9. The summed E-state index contributed by atoms with van der Waals surface area (Å²) in [5, 5.41) is 6.37. The number of ether oxygens (including phenoxy) is 4. The Bertz CT molecular complexity index is 1060. The normalized spacial score (nSPS) is 10.3. The zero-order valence-electron chi connectivity index (χ0n) is 17.9. The van der Waals surface area contributed by atoms with Gasteiger partial charge in [-0.05, 0) is 49.4 Å². The van der Waals surface area contributed by atoms with Gasteiger partial charge in [-0.2, -0.15) is 4.98 Å². The second kappa shape index (κ2) is 10.8. The number of carbonyl (C=O) groups is 2. The first-order valence-corrected chi connectivity index (χ1v) is 9.75. The van der Waals surface area contributed by atoms with Gasteiger partial charge in [-0.3, -0.25) is 9.59 Å². The number of methoxy groups -OCH3 is 2. The highest BCUT2D eigenvalue weighted by Gasteiger charge is 2.14. The van der Waals surface area contributed by atoms with Crippen LogP contribution < -0.4 is 19.5 Å². The lowest BCUT2D eigenvalue weighted by molar-refractivity contribution is -0.144. The largest absolute Gasteiger partial charge is 0.494 e. The van der Waals surface area contributed by atoms with Gasteiger partial charge in [-0.25, -0.2) is 0 Å². The molecule has 0 bridgehead atoms. The van der Waals surface area contributed by atoms with E-state index in [1.165, 1.54) is 7.11 Å². The molecule has 0 spiro atoms. The second-order valence-electron chi connectivity index (χ2n) is 6.38. The van der Waals surface area contributed by atoms with E-state index >= 15 is 0 Å². The first-order valence-electron chi connectivity index (χ1n) is 9.75. The summed E-state index contributed by atoms with van der Waals surface area (Å²) in [5.74, 6) is 1.12. The van der Waals surface area contributed by atoms with Crippen molar-refractivity contribution in [2.75, 3.05) is 27.4 Å². The average Bonchev–Trinajstić information content (AvgIpc) is 3.30. The van der Waals surface area contributed by atoms with Crippen LogP contribution in [0.2, 0.25) is 0 Å². The number of aromatic nitrogens is 2. The van der Waals surface area contributed by atoms with E-state index in [2.05, 4.69) is 15.5 Å². The quantitative estimate of drug-likeness (QED) is 0.473. The fourth-order valence-electron chi connectivity index (χ4n) is 2.72. The molecule has 0 saturated heterocycles. The number of carbonyl (C=O) groups excluding carboxylic acids is 2. The van der Waals surface area contributed by atoms with Crippen molar-refractivity contribution in [2.24, 2.45) is 0 Å². The van der Waals surface area contributed by atoms with Crippen molar-refractivity contribution in [1.82, 2.24) is 15.5 Å². The molecule has 1 N–H and O–H groups in total. The first-order chi connectivity index (χ1) is 15.5. The van der Waals surface area contributed by atoms with Gasteiger partial charge in [-0.1, -0.05) is 5.16 Å². The Kier molecular flexibility index (Phi) is 7.63. The smallest absolute Gasteiger partial charge is 0.325 e. The van der Waals surface area contributed by atoms with Gasteiger partial charge in [-0.15, -0.1) is 0 Å². The number of amides is 1. The molecule has 0 aliphatic rings. The molecule has 0 atom stereocenters. The summed E-state index contributed by atoms with van der Waals surface area (Å²) in [6.07, 6.45) is 0. The van der Waals surface area contributed by atoms with Gasteiger partial charge in [0.25, 0.3) is 11.8 Å². The van der Waals surface area contributed by atoms with Crippen LogP contribution in [0.1, 0.15) is 23.2 Å². The number of esters is 1. The summed E-state index contributed by atoms with van der Waals surface area (Å²) in [6.45, 7) is 1.88. The molecule has 3 aromatic rings. The van der Waals surface area contributed by atoms with E-state index in [0.717, 1.165) is 0 Å². The number of benzene rings is 2. The van der Waals surface area contributed by atoms with E-state index in [1.54, 1.807) is 49.6 Å². The Hall–Kier alpha value is -4.08. The zero-order chi connectivity index (χ0) is 22.9. The summed E-state index contributed by atoms with van der Waals surface area (Å²) < 4.78 is 26.0. The molecule has 0 fully saturated rings. The molecule has 32 heavy (non-hydrogen) atoms.